The van der Waals surface area contributed by atoms with Crippen LogP contribution in [0.25, 0.3) is 0 Å². The molecule has 2 aromatic rings. The van der Waals surface area contributed by atoms with E-state index in [1.807, 2.05) is 18.2 Å². The Bertz CT molecular complexity index is 778. The van der Waals surface area contributed by atoms with E-state index in [1.54, 1.807) is 18.7 Å². The number of sulfone groups is 1. The Kier molecular flexibility index (Phi) is 4.11. The lowest BCUT2D eigenvalue weighted by atomic mass is 10.0. The number of piperazine rings is 1. The fourth-order valence-electron chi connectivity index (χ4n) is 3.78. The molecule has 128 valence electrons. The van der Waals surface area contributed by atoms with Crippen LogP contribution in [-0.4, -0.2) is 69.8 Å². The first-order valence-corrected chi connectivity index (χ1v) is 9.98. The molecule has 0 saturated carbocycles. The third-order valence-electron chi connectivity index (χ3n) is 4.93. The summed E-state index contributed by atoms with van der Waals surface area (Å²) in [6.07, 6.45) is 5.25. The zero-order valence-corrected chi connectivity index (χ0v) is 14.2. The van der Waals surface area contributed by atoms with Crippen molar-refractivity contribution in [2.24, 2.45) is 0 Å². The molecule has 1 N–H and O–H groups in total. The average molecular weight is 347 g/mol. The second kappa shape index (κ2) is 6.27. The third kappa shape index (κ3) is 3.22. The van der Waals surface area contributed by atoms with Gasteiger partial charge in [-0.25, -0.2) is 13.4 Å². The second-order valence-corrected chi connectivity index (χ2v) is 8.70. The van der Waals surface area contributed by atoms with Crippen molar-refractivity contribution in [2.45, 2.75) is 25.2 Å². The number of nitrogens with zero attached hydrogens (tertiary/aromatic N) is 4. The number of hydrogen-bond donors (Lipinski definition) is 1. The normalized spacial score (nSPS) is 27.2. The van der Waals surface area contributed by atoms with Gasteiger partial charge in [0.05, 0.1) is 23.5 Å². The van der Waals surface area contributed by atoms with Crippen LogP contribution >= 0.6 is 0 Å². The number of nitrogens with one attached hydrogen (secondary N) is 1. The number of aromatic amines is 1. The van der Waals surface area contributed by atoms with E-state index in [4.69, 9.17) is 0 Å². The number of imidazole rings is 1. The van der Waals surface area contributed by atoms with Crippen molar-refractivity contribution < 1.29 is 8.42 Å². The first-order valence-electron chi connectivity index (χ1n) is 8.16. The van der Waals surface area contributed by atoms with Crippen LogP contribution < -0.4 is 0 Å². The fraction of sp³-hybridized carbons (Fsp3) is 0.500. The molecule has 0 amide bonds. The maximum absolute atomic E-state index is 12.3. The maximum Gasteiger partial charge on any atom is 0.153 e. The van der Waals surface area contributed by atoms with E-state index in [1.165, 1.54) is 0 Å². The largest absolute Gasteiger partial charge is 0.347 e. The quantitative estimate of drug-likeness (QED) is 0.856. The number of aromatic nitrogens is 3. The van der Waals surface area contributed by atoms with Gasteiger partial charge in [-0.3, -0.25) is 14.8 Å². The Hall–Kier alpha value is -1.77. The minimum Gasteiger partial charge on any atom is -0.347 e. The molecular formula is C16H21N5O2S. The predicted molar refractivity (Wildman–Crippen MR) is 89.9 cm³/mol. The Labute approximate surface area is 141 Å². The van der Waals surface area contributed by atoms with Gasteiger partial charge in [0, 0.05) is 56.4 Å². The van der Waals surface area contributed by atoms with Crippen molar-refractivity contribution in [2.75, 3.05) is 24.6 Å². The van der Waals surface area contributed by atoms with E-state index in [0.717, 1.165) is 24.5 Å². The average Bonchev–Trinajstić information content (AvgIpc) is 3.17. The summed E-state index contributed by atoms with van der Waals surface area (Å²) in [5, 5.41) is 0. The first-order chi connectivity index (χ1) is 11.6. The molecule has 4 heterocycles. The first kappa shape index (κ1) is 15.7. The molecule has 2 saturated heterocycles. The summed E-state index contributed by atoms with van der Waals surface area (Å²) in [6.45, 7) is 3.12. The molecule has 0 aliphatic carbocycles. The van der Waals surface area contributed by atoms with E-state index < -0.39 is 9.84 Å². The summed E-state index contributed by atoms with van der Waals surface area (Å²) in [5.74, 6) is 0.481. The molecule has 0 aromatic carbocycles. The van der Waals surface area contributed by atoms with Gasteiger partial charge in [0.2, 0.25) is 0 Å². The summed E-state index contributed by atoms with van der Waals surface area (Å²) in [5.41, 5.74) is 2.01. The van der Waals surface area contributed by atoms with Gasteiger partial charge in [-0.2, -0.15) is 0 Å². The summed E-state index contributed by atoms with van der Waals surface area (Å²) < 4.78 is 24.5. The van der Waals surface area contributed by atoms with Crippen LogP contribution in [0.1, 0.15) is 11.4 Å². The molecule has 2 aromatic heterocycles. The molecule has 0 bridgehead atoms. The van der Waals surface area contributed by atoms with Gasteiger partial charge in [0.1, 0.15) is 0 Å². The number of fused-ring (bicyclic) bond motifs is 1. The van der Waals surface area contributed by atoms with Crippen LogP contribution in [0.2, 0.25) is 0 Å². The molecule has 7 nitrogen and oxygen atoms in total. The number of H-pyrrole nitrogens is 1. The van der Waals surface area contributed by atoms with Crippen molar-refractivity contribution in [3.63, 3.8) is 0 Å². The highest BCUT2D eigenvalue weighted by Gasteiger charge is 2.46. The Morgan fingerprint density at radius 3 is 2.50 bits per heavy atom. The molecule has 2 aliphatic rings. The van der Waals surface area contributed by atoms with Gasteiger partial charge in [0.15, 0.2) is 9.84 Å². The van der Waals surface area contributed by atoms with Gasteiger partial charge >= 0.3 is 0 Å². The monoisotopic (exact) mass is 347 g/mol. The minimum atomic E-state index is -3.00. The van der Waals surface area contributed by atoms with Crippen LogP contribution in [0.3, 0.4) is 0 Å². The standard InChI is InChI=1S/C16H21N5O2S/c22-24(23)10-15-16(11-24)21(9-14-7-17-12-19-14)6-5-20(15)8-13-3-1-2-4-18-13/h1-4,7,12,15-16H,5-6,8-11H2,(H,17,19)/t15-,16+/m1/s1. The summed E-state index contributed by atoms with van der Waals surface area (Å²) >= 11 is 0. The molecule has 0 radical (unpaired) electrons. The van der Waals surface area contributed by atoms with Crippen molar-refractivity contribution in [3.8, 4) is 0 Å². The van der Waals surface area contributed by atoms with Gasteiger partial charge in [-0.05, 0) is 12.1 Å². The van der Waals surface area contributed by atoms with Gasteiger partial charge in [-0.15, -0.1) is 0 Å². The van der Waals surface area contributed by atoms with Gasteiger partial charge in [-0.1, -0.05) is 6.07 Å². The molecule has 4 rings (SSSR count). The zero-order chi connectivity index (χ0) is 16.6. The van der Waals surface area contributed by atoms with Crippen molar-refractivity contribution in [1.82, 2.24) is 24.8 Å². The van der Waals surface area contributed by atoms with Crippen molar-refractivity contribution in [1.29, 1.82) is 0 Å². The molecule has 2 atom stereocenters. The van der Waals surface area contributed by atoms with E-state index in [-0.39, 0.29) is 23.6 Å². The third-order valence-corrected chi connectivity index (χ3v) is 6.62. The lowest BCUT2D eigenvalue weighted by Crippen LogP contribution is -2.58. The highest BCUT2D eigenvalue weighted by Crippen LogP contribution is 2.28. The molecule has 2 fully saturated rings. The minimum absolute atomic E-state index is 0.0358. The Balaban J connectivity index is 1.53. The lowest BCUT2D eigenvalue weighted by Gasteiger charge is -2.43. The zero-order valence-electron chi connectivity index (χ0n) is 13.4. The fourth-order valence-corrected chi connectivity index (χ4v) is 5.82. The van der Waals surface area contributed by atoms with Crippen LogP contribution in [0.5, 0.6) is 0 Å². The molecule has 8 heteroatoms. The van der Waals surface area contributed by atoms with Crippen molar-refractivity contribution >= 4 is 9.84 Å². The topological polar surface area (TPSA) is 82.2 Å². The number of hydrogen-bond acceptors (Lipinski definition) is 6. The smallest absolute Gasteiger partial charge is 0.153 e. The molecule has 0 unspecified atom stereocenters. The van der Waals surface area contributed by atoms with Gasteiger partial charge in [0.25, 0.3) is 0 Å². The van der Waals surface area contributed by atoms with Crippen LogP contribution in [0.4, 0.5) is 0 Å². The maximum atomic E-state index is 12.3. The van der Waals surface area contributed by atoms with Crippen LogP contribution in [0.15, 0.2) is 36.9 Å². The van der Waals surface area contributed by atoms with E-state index >= 15 is 0 Å². The van der Waals surface area contributed by atoms with Crippen LogP contribution in [0, 0.1) is 0 Å². The summed E-state index contributed by atoms with van der Waals surface area (Å²) in [4.78, 5) is 16.1. The summed E-state index contributed by atoms with van der Waals surface area (Å²) in [6, 6.07) is 5.94. The highest BCUT2D eigenvalue weighted by molar-refractivity contribution is 7.91. The van der Waals surface area contributed by atoms with E-state index in [9.17, 15) is 8.42 Å². The van der Waals surface area contributed by atoms with Crippen molar-refractivity contribution in [3.05, 3.63) is 48.3 Å². The second-order valence-electron chi connectivity index (χ2n) is 6.55. The van der Waals surface area contributed by atoms with E-state index in [0.29, 0.717) is 13.1 Å². The molecule has 24 heavy (non-hydrogen) atoms. The Morgan fingerprint density at radius 2 is 1.88 bits per heavy atom. The Morgan fingerprint density at radius 1 is 1.12 bits per heavy atom. The molecular weight excluding hydrogens is 326 g/mol. The molecule has 2 aliphatic heterocycles. The highest BCUT2D eigenvalue weighted by atomic mass is 32.2. The molecule has 0 spiro atoms. The summed E-state index contributed by atoms with van der Waals surface area (Å²) in [7, 11) is -3.00. The van der Waals surface area contributed by atoms with Gasteiger partial charge < -0.3 is 4.98 Å². The number of pyridine rings is 1. The van der Waals surface area contributed by atoms with E-state index in [2.05, 4.69) is 24.8 Å². The number of rotatable bonds is 4. The lowest BCUT2D eigenvalue weighted by molar-refractivity contribution is 0.0341. The SMILES string of the molecule is O=S1(=O)C[C@@H]2[C@H](C1)N(Cc1cnc[nH]1)CCN2Cc1ccccn1. The van der Waals surface area contributed by atoms with Crippen LogP contribution in [-0.2, 0) is 22.9 Å². The predicted octanol–water partition coefficient (Wildman–Crippen LogP) is 0.288.